The van der Waals surface area contributed by atoms with Gasteiger partial charge in [-0.1, -0.05) is 20.3 Å². The van der Waals surface area contributed by atoms with Crippen LogP contribution in [0.3, 0.4) is 0 Å². The number of hydrogen-bond donors (Lipinski definition) is 1. The molecule has 1 saturated carbocycles. The zero-order valence-corrected chi connectivity index (χ0v) is 10.9. The molecule has 1 N–H and O–H groups in total. The molecule has 94 valence electrons. The molecule has 17 heavy (non-hydrogen) atoms. The molecule has 0 amide bonds. The van der Waals surface area contributed by atoms with Crippen LogP contribution in [0.15, 0.2) is 12.4 Å². The van der Waals surface area contributed by atoms with Gasteiger partial charge in [-0.25, -0.2) is 9.97 Å². The molecular formula is C14H23N3. The van der Waals surface area contributed by atoms with Crippen molar-refractivity contribution in [2.24, 2.45) is 5.92 Å². The second-order valence-electron chi connectivity index (χ2n) is 5.01. The predicted octanol–water partition coefficient (Wildman–Crippen LogP) is 2.88. The van der Waals surface area contributed by atoms with Gasteiger partial charge in [0.1, 0.15) is 5.82 Å². The maximum Gasteiger partial charge on any atom is 0.131 e. The van der Waals surface area contributed by atoms with Crippen LogP contribution in [0, 0.1) is 5.92 Å². The molecule has 2 rings (SSSR count). The van der Waals surface area contributed by atoms with Crippen molar-refractivity contribution in [3.8, 4) is 0 Å². The number of rotatable bonds is 5. The molecule has 1 aliphatic rings. The molecule has 1 aromatic rings. The second kappa shape index (κ2) is 6.10. The Morgan fingerprint density at radius 1 is 1.24 bits per heavy atom. The minimum Gasteiger partial charge on any atom is -0.313 e. The lowest BCUT2D eigenvalue weighted by molar-refractivity contribution is 0.516. The first-order valence-electron chi connectivity index (χ1n) is 6.85. The van der Waals surface area contributed by atoms with Crippen LogP contribution in [0.2, 0.25) is 0 Å². The van der Waals surface area contributed by atoms with Crippen LogP contribution in [-0.2, 0) is 6.54 Å². The van der Waals surface area contributed by atoms with Gasteiger partial charge in [0, 0.05) is 30.4 Å². The molecule has 1 heterocycles. The Morgan fingerprint density at radius 3 is 2.59 bits per heavy atom. The van der Waals surface area contributed by atoms with Crippen molar-refractivity contribution in [3.63, 3.8) is 0 Å². The first kappa shape index (κ1) is 12.5. The Bertz CT molecular complexity index is 334. The topological polar surface area (TPSA) is 37.8 Å². The maximum absolute atomic E-state index is 4.53. The summed E-state index contributed by atoms with van der Waals surface area (Å²) in [7, 11) is 0. The lowest BCUT2D eigenvalue weighted by atomic mass is 10.0. The van der Waals surface area contributed by atoms with Gasteiger partial charge in [-0.15, -0.1) is 0 Å². The molecule has 2 unspecified atom stereocenters. The van der Waals surface area contributed by atoms with Crippen molar-refractivity contribution in [1.82, 2.24) is 15.3 Å². The zero-order valence-electron chi connectivity index (χ0n) is 10.9. The summed E-state index contributed by atoms with van der Waals surface area (Å²) in [6.45, 7) is 6.26. The van der Waals surface area contributed by atoms with Crippen molar-refractivity contribution in [3.05, 3.63) is 23.8 Å². The van der Waals surface area contributed by atoms with E-state index in [0.717, 1.165) is 24.8 Å². The third-order valence-corrected chi connectivity index (χ3v) is 3.79. The molecule has 1 fully saturated rings. The monoisotopic (exact) mass is 233 g/mol. The van der Waals surface area contributed by atoms with Crippen LogP contribution < -0.4 is 5.32 Å². The Labute approximate surface area is 104 Å². The second-order valence-corrected chi connectivity index (χ2v) is 5.01. The molecule has 0 aliphatic heterocycles. The van der Waals surface area contributed by atoms with E-state index >= 15 is 0 Å². The van der Waals surface area contributed by atoms with E-state index in [1.54, 1.807) is 0 Å². The average molecular weight is 233 g/mol. The minimum absolute atomic E-state index is 0.605. The van der Waals surface area contributed by atoms with Crippen LogP contribution in [0.4, 0.5) is 0 Å². The smallest absolute Gasteiger partial charge is 0.131 e. The van der Waals surface area contributed by atoms with Gasteiger partial charge in [-0.2, -0.15) is 0 Å². The average Bonchev–Trinajstić information content (AvgIpc) is 2.86. The van der Waals surface area contributed by atoms with E-state index in [-0.39, 0.29) is 0 Å². The molecule has 3 nitrogen and oxygen atoms in total. The standard InChI is InChI=1S/C14H23N3/c1-3-11-5-6-13(7-11)14-16-9-12(10-17-14)8-15-4-2/h9-11,13,15H,3-8H2,1-2H3. The Balaban J connectivity index is 1.94. The van der Waals surface area contributed by atoms with Gasteiger partial charge < -0.3 is 5.32 Å². The summed E-state index contributed by atoms with van der Waals surface area (Å²) in [6, 6.07) is 0. The molecule has 3 heteroatoms. The highest BCUT2D eigenvalue weighted by Gasteiger charge is 2.26. The highest BCUT2D eigenvalue weighted by Crippen LogP contribution is 2.37. The molecule has 0 radical (unpaired) electrons. The number of hydrogen-bond acceptors (Lipinski definition) is 3. The fourth-order valence-electron chi connectivity index (χ4n) is 2.62. The first-order valence-corrected chi connectivity index (χ1v) is 6.85. The van der Waals surface area contributed by atoms with E-state index in [0.29, 0.717) is 5.92 Å². The SMILES string of the molecule is CCNCc1cnc(C2CCC(CC)C2)nc1. The summed E-state index contributed by atoms with van der Waals surface area (Å²) in [5.41, 5.74) is 1.18. The zero-order chi connectivity index (χ0) is 12.1. The molecule has 1 aliphatic carbocycles. The van der Waals surface area contributed by atoms with Crippen molar-refractivity contribution in [2.45, 2.75) is 52.0 Å². The maximum atomic E-state index is 4.53. The van der Waals surface area contributed by atoms with E-state index in [2.05, 4.69) is 29.1 Å². The summed E-state index contributed by atoms with van der Waals surface area (Å²) < 4.78 is 0. The summed E-state index contributed by atoms with van der Waals surface area (Å²) in [5, 5.41) is 3.29. The Morgan fingerprint density at radius 2 is 2.00 bits per heavy atom. The third kappa shape index (κ3) is 3.25. The number of nitrogens with zero attached hydrogens (tertiary/aromatic N) is 2. The summed E-state index contributed by atoms with van der Waals surface area (Å²) in [6.07, 6.45) is 9.15. The fraction of sp³-hybridized carbons (Fsp3) is 0.714. The summed E-state index contributed by atoms with van der Waals surface area (Å²) >= 11 is 0. The minimum atomic E-state index is 0.605. The van der Waals surface area contributed by atoms with Crippen molar-refractivity contribution >= 4 is 0 Å². The molecular weight excluding hydrogens is 210 g/mol. The quantitative estimate of drug-likeness (QED) is 0.849. The first-order chi connectivity index (χ1) is 8.33. The van der Waals surface area contributed by atoms with Gasteiger partial charge in [0.25, 0.3) is 0 Å². The Kier molecular flexibility index (Phi) is 4.49. The van der Waals surface area contributed by atoms with Crippen molar-refractivity contribution in [1.29, 1.82) is 0 Å². The molecule has 1 aromatic heterocycles. The van der Waals surface area contributed by atoms with Crippen LogP contribution >= 0.6 is 0 Å². The van der Waals surface area contributed by atoms with E-state index in [1.807, 2.05) is 12.4 Å². The lowest BCUT2D eigenvalue weighted by Crippen LogP contribution is -2.12. The van der Waals surface area contributed by atoms with E-state index in [1.165, 1.54) is 31.2 Å². The molecule has 0 aromatic carbocycles. The predicted molar refractivity (Wildman–Crippen MR) is 69.8 cm³/mol. The van der Waals surface area contributed by atoms with Crippen molar-refractivity contribution in [2.75, 3.05) is 6.54 Å². The number of aromatic nitrogens is 2. The van der Waals surface area contributed by atoms with Gasteiger partial charge in [0.15, 0.2) is 0 Å². The molecule has 2 atom stereocenters. The summed E-state index contributed by atoms with van der Waals surface area (Å²) in [5.74, 6) is 2.55. The third-order valence-electron chi connectivity index (χ3n) is 3.79. The van der Waals surface area contributed by atoms with Crippen molar-refractivity contribution < 1.29 is 0 Å². The van der Waals surface area contributed by atoms with Crippen LogP contribution in [0.1, 0.15) is 56.8 Å². The van der Waals surface area contributed by atoms with Crippen LogP contribution in [0.25, 0.3) is 0 Å². The van der Waals surface area contributed by atoms with Gasteiger partial charge in [0.05, 0.1) is 0 Å². The largest absolute Gasteiger partial charge is 0.313 e. The highest BCUT2D eigenvalue weighted by molar-refractivity contribution is 5.08. The Hall–Kier alpha value is -0.960. The van der Waals surface area contributed by atoms with Crippen LogP contribution in [0.5, 0.6) is 0 Å². The van der Waals surface area contributed by atoms with Gasteiger partial charge in [-0.05, 0) is 31.7 Å². The van der Waals surface area contributed by atoms with E-state index in [9.17, 15) is 0 Å². The highest BCUT2D eigenvalue weighted by atomic mass is 14.9. The summed E-state index contributed by atoms with van der Waals surface area (Å²) in [4.78, 5) is 9.06. The van der Waals surface area contributed by atoms with Gasteiger partial charge in [0.2, 0.25) is 0 Å². The fourth-order valence-corrected chi connectivity index (χ4v) is 2.62. The molecule has 0 saturated heterocycles. The van der Waals surface area contributed by atoms with Gasteiger partial charge in [-0.3, -0.25) is 0 Å². The molecule has 0 bridgehead atoms. The van der Waals surface area contributed by atoms with Gasteiger partial charge >= 0.3 is 0 Å². The number of nitrogens with one attached hydrogen (secondary N) is 1. The van der Waals surface area contributed by atoms with Crippen LogP contribution in [-0.4, -0.2) is 16.5 Å². The lowest BCUT2D eigenvalue weighted by Gasteiger charge is -2.09. The van der Waals surface area contributed by atoms with E-state index < -0.39 is 0 Å². The molecule has 0 spiro atoms. The van der Waals surface area contributed by atoms with E-state index in [4.69, 9.17) is 0 Å². The normalized spacial score (nSPS) is 24.1.